The van der Waals surface area contributed by atoms with E-state index in [2.05, 4.69) is 20.9 Å². The summed E-state index contributed by atoms with van der Waals surface area (Å²) in [5, 5.41) is 0.453. The molecule has 1 heterocycles. The van der Waals surface area contributed by atoms with Crippen molar-refractivity contribution in [3.8, 4) is 0 Å². The van der Waals surface area contributed by atoms with Crippen molar-refractivity contribution in [2.75, 3.05) is 6.61 Å². The number of pyridine rings is 1. The summed E-state index contributed by atoms with van der Waals surface area (Å²) in [4.78, 5) is 15.3. The van der Waals surface area contributed by atoms with E-state index in [-0.39, 0.29) is 18.7 Å². The molecule has 0 aliphatic carbocycles. The van der Waals surface area contributed by atoms with Crippen molar-refractivity contribution in [2.45, 2.75) is 25.1 Å². The van der Waals surface area contributed by atoms with Crippen LogP contribution in [-0.4, -0.2) is 17.6 Å². The van der Waals surface area contributed by atoms with Crippen LogP contribution in [0, 0.1) is 3.57 Å². The van der Waals surface area contributed by atoms with Gasteiger partial charge >= 0.3 is 5.97 Å². The van der Waals surface area contributed by atoms with Crippen molar-refractivity contribution in [1.82, 2.24) is 4.98 Å². The third kappa shape index (κ3) is 4.11. The molecule has 18 heavy (non-hydrogen) atoms. The summed E-state index contributed by atoms with van der Waals surface area (Å²) in [5.74, 6) is -0.464. The maximum atomic E-state index is 12.7. The van der Waals surface area contributed by atoms with E-state index in [0.717, 1.165) is 5.56 Å². The number of halogens is 4. The van der Waals surface area contributed by atoms with E-state index in [0.29, 0.717) is 14.6 Å². The Labute approximate surface area is 126 Å². The third-order valence-corrected chi connectivity index (χ3v) is 3.61. The van der Waals surface area contributed by atoms with Crippen molar-refractivity contribution in [1.29, 1.82) is 0 Å². The van der Waals surface area contributed by atoms with Gasteiger partial charge in [-0.05, 0) is 41.1 Å². The highest BCUT2D eigenvalue weighted by Gasteiger charge is 2.18. The van der Waals surface area contributed by atoms with E-state index < -0.39 is 12.4 Å². The Hall–Kier alpha value is -0.310. The molecular formula is C11H11BrF2INO2. The van der Waals surface area contributed by atoms with Crippen LogP contribution in [0.1, 0.15) is 30.3 Å². The Balaban J connectivity index is 3.08. The monoisotopic (exact) mass is 433 g/mol. The quantitative estimate of drug-likeness (QED) is 0.404. The normalized spacial score (nSPS) is 10.8. The second-order valence-corrected chi connectivity index (χ2v) is 5.10. The first kappa shape index (κ1) is 15.7. The summed E-state index contributed by atoms with van der Waals surface area (Å²) >= 11 is 5.06. The molecule has 0 spiro atoms. The Morgan fingerprint density at radius 3 is 2.78 bits per heavy atom. The summed E-state index contributed by atoms with van der Waals surface area (Å²) < 4.78 is 30.7. The zero-order valence-electron chi connectivity index (χ0n) is 9.55. The number of ether oxygens (including phenoxy) is 1. The standard InChI is InChI=1S/C11H11BrF2INO2/c1-2-18-9(17)4-8-6(5-12)3-7(15)10(16-8)11(13)14/h3,11H,2,4-5H2,1H3. The molecule has 0 radical (unpaired) electrons. The minimum Gasteiger partial charge on any atom is -0.466 e. The molecule has 0 saturated carbocycles. The predicted molar refractivity (Wildman–Crippen MR) is 74.9 cm³/mol. The smallest absolute Gasteiger partial charge is 0.311 e. The van der Waals surface area contributed by atoms with Crippen LogP contribution in [-0.2, 0) is 21.3 Å². The predicted octanol–water partition coefficient (Wildman–Crippen LogP) is 3.62. The fourth-order valence-electron chi connectivity index (χ4n) is 1.35. The molecule has 0 aliphatic rings. The second kappa shape index (κ2) is 7.32. The number of hydrogen-bond acceptors (Lipinski definition) is 3. The molecule has 0 bridgehead atoms. The summed E-state index contributed by atoms with van der Waals surface area (Å²) in [6.07, 6.45) is -2.74. The summed E-state index contributed by atoms with van der Waals surface area (Å²) in [5.41, 5.74) is 0.762. The molecule has 0 N–H and O–H groups in total. The van der Waals surface area contributed by atoms with Crippen LogP contribution in [0.25, 0.3) is 0 Å². The van der Waals surface area contributed by atoms with Crippen molar-refractivity contribution in [2.24, 2.45) is 0 Å². The van der Waals surface area contributed by atoms with E-state index in [1.54, 1.807) is 13.0 Å². The number of alkyl halides is 3. The number of carbonyl (C=O) groups excluding carboxylic acids is 1. The first-order valence-corrected chi connectivity index (χ1v) is 7.37. The van der Waals surface area contributed by atoms with Crippen LogP contribution in [0.15, 0.2) is 6.07 Å². The van der Waals surface area contributed by atoms with Gasteiger partial charge in [0.05, 0.1) is 18.7 Å². The highest BCUT2D eigenvalue weighted by molar-refractivity contribution is 14.1. The minimum atomic E-state index is -2.65. The lowest BCUT2D eigenvalue weighted by atomic mass is 10.1. The van der Waals surface area contributed by atoms with Gasteiger partial charge in [-0.25, -0.2) is 13.8 Å². The van der Waals surface area contributed by atoms with Crippen LogP contribution in [0.4, 0.5) is 8.78 Å². The molecule has 0 saturated heterocycles. The van der Waals surface area contributed by atoms with E-state index in [9.17, 15) is 13.6 Å². The van der Waals surface area contributed by atoms with Gasteiger partial charge in [-0.3, -0.25) is 4.79 Å². The molecule has 0 unspecified atom stereocenters. The summed E-state index contributed by atoms with van der Waals surface area (Å²) in [7, 11) is 0. The lowest BCUT2D eigenvalue weighted by molar-refractivity contribution is -0.142. The van der Waals surface area contributed by atoms with Gasteiger partial charge in [0, 0.05) is 8.90 Å². The Morgan fingerprint density at radius 2 is 2.28 bits per heavy atom. The van der Waals surface area contributed by atoms with Crippen LogP contribution in [0.3, 0.4) is 0 Å². The van der Waals surface area contributed by atoms with Crippen LogP contribution >= 0.6 is 38.5 Å². The molecule has 0 amide bonds. The molecule has 0 aliphatic heterocycles. The second-order valence-electron chi connectivity index (χ2n) is 3.38. The van der Waals surface area contributed by atoms with Gasteiger partial charge in [0.15, 0.2) is 0 Å². The number of esters is 1. The van der Waals surface area contributed by atoms with Crippen LogP contribution < -0.4 is 0 Å². The number of carbonyl (C=O) groups is 1. The number of aromatic nitrogens is 1. The van der Waals surface area contributed by atoms with Gasteiger partial charge in [0.2, 0.25) is 0 Å². The first-order valence-electron chi connectivity index (χ1n) is 5.17. The highest BCUT2D eigenvalue weighted by atomic mass is 127. The van der Waals surface area contributed by atoms with Gasteiger partial charge in [-0.15, -0.1) is 0 Å². The van der Waals surface area contributed by atoms with Crippen LogP contribution in [0.2, 0.25) is 0 Å². The van der Waals surface area contributed by atoms with Crippen molar-refractivity contribution in [3.05, 3.63) is 26.6 Å². The lowest BCUT2D eigenvalue weighted by Gasteiger charge is -2.10. The highest BCUT2D eigenvalue weighted by Crippen LogP contribution is 2.26. The first-order chi connectivity index (χ1) is 8.49. The van der Waals surface area contributed by atoms with Crippen LogP contribution in [0.5, 0.6) is 0 Å². The third-order valence-electron chi connectivity index (χ3n) is 2.14. The zero-order valence-corrected chi connectivity index (χ0v) is 13.3. The number of nitrogens with zero attached hydrogens (tertiary/aromatic N) is 1. The Morgan fingerprint density at radius 1 is 1.61 bits per heavy atom. The van der Waals surface area contributed by atoms with Gasteiger partial charge < -0.3 is 4.74 Å². The molecule has 100 valence electrons. The van der Waals surface area contributed by atoms with E-state index in [1.807, 2.05) is 22.6 Å². The minimum absolute atomic E-state index is 0.0919. The van der Waals surface area contributed by atoms with Crippen molar-refractivity contribution in [3.63, 3.8) is 0 Å². The molecule has 3 nitrogen and oxygen atoms in total. The summed E-state index contributed by atoms with van der Waals surface area (Å²) in [6.45, 7) is 1.95. The van der Waals surface area contributed by atoms with Gasteiger partial charge in [0.1, 0.15) is 5.69 Å². The Bertz CT molecular complexity index is 443. The topological polar surface area (TPSA) is 39.2 Å². The molecule has 0 fully saturated rings. The van der Waals surface area contributed by atoms with E-state index >= 15 is 0 Å². The van der Waals surface area contributed by atoms with E-state index in [4.69, 9.17) is 4.74 Å². The van der Waals surface area contributed by atoms with Gasteiger partial charge in [0.25, 0.3) is 6.43 Å². The molecule has 1 aromatic rings. The molecular weight excluding hydrogens is 423 g/mol. The summed E-state index contributed by atoms with van der Waals surface area (Å²) in [6, 6.07) is 1.61. The van der Waals surface area contributed by atoms with Gasteiger partial charge in [-0.1, -0.05) is 15.9 Å². The molecule has 7 heteroatoms. The largest absolute Gasteiger partial charge is 0.466 e. The zero-order chi connectivity index (χ0) is 13.7. The SMILES string of the molecule is CCOC(=O)Cc1nc(C(F)F)c(I)cc1CBr. The maximum absolute atomic E-state index is 12.7. The molecule has 0 aromatic carbocycles. The number of rotatable bonds is 5. The van der Waals surface area contributed by atoms with Crippen molar-refractivity contribution >= 4 is 44.5 Å². The fourth-order valence-corrected chi connectivity index (χ4v) is 2.57. The van der Waals surface area contributed by atoms with Crippen molar-refractivity contribution < 1.29 is 18.3 Å². The Kier molecular flexibility index (Phi) is 6.40. The lowest BCUT2D eigenvalue weighted by Crippen LogP contribution is -2.12. The van der Waals surface area contributed by atoms with E-state index in [1.165, 1.54) is 0 Å². The molecule has 1 aromatic heterocycles. The average Bonchev–Trinajstić information content (AvgIpc) is 2.30. The fraction of sp³-hybridized carbons (Fsp3) is 0.455. The number of hydrogen-bond donors (Lipinski definition) is 0. The average molecular weight is 434 g/mol. The molecule has 0 atom stereocenters. The van der Waals surface area contributed by atoms with Gasteiger partial charge in [-0.2, -0.15) is 0 Å². The molecule has 1 rings (SSSR count). The maximum Gasteiger partial charge on any atom is 0.311 e.